The third-order valence-electron chi connectivity index (χ3n) is 3.22. The van der Waals surface area contributed by atoms with Crippen LogP contribution in [0, 0.1) is 0 Å². The number of hydrogen-bond acceptors (Lipinski definition) is 5. The third-order valence-corrected chi connectivity index (χ3v) is 3.22. The Hall–Kier alpha value is -1.89. The molecule has 90 valence electrons. The van der Waals surface area contributed by atoms with E-state index in [0.29, 0.717) is 17.6 Å². The molecule has 0 aliphatic heterocycles. The van der Waals surface area contributed by atoms with Crippen molar-refractivity contribution in [1.29, 1.82) is 0 Å². The fourth-order valence-corrected chi connectivity index (χ4v) is 2.40. The molecular formula is C10H13N5O2. The van der Waals surface area contributed by atoms with E-state index in [-0.39, 0.29) is 23.7 Å². The molecule has 1 fully saturated rings. The molecule has 0 radical (unpaired) electrons. The van der Waals surface area contributed by atoms with Gasteiger partial charge in [0, 0.05) is 6.04 Å². The zero-order valence-electron chi connectivity index (χ0n) is 9.13. The van der Waals surface area contributed by atoms with Crippen LogP contribution in [0.4, 0.5) is 5.95 Å². The van der Waals surface area contributed by atoms with E-state index in [2.05, 4.69) is 15.0 Å². The highest BCUT2D eigenvalue weighted by Gasteiger charge is 2.26. The van der Waals surface area contributed by atoms with Crippen molar-refractivity contribution in [3.05, 3.63) is 16.7 Å². The predicted molar refractivity (Wildman–Crippen MR) is 61.5 cm³/mol. The molecule has 0 amide bonds. The number of fused-ring (bicyclic) bond motifs is 1. The number of aliphatic hydroxyl groups excluding tert-OH is 1. The van der Waals surface area contributed by atoms with Crippen LogP contribution in [0.25, 0.3) is 11.2 Å². The van der Waals surface area contributed by atoms with Crippen LogP contribution in [0.3, 0.4) is 0 Å². The lowest BCUT2D eigenvalue weighted by molar-refractivity contribution is 0.178. The number of hydrogen-bond donors (Lipinski definition) is 3. The Balaban J connectivity index is 2.15. The summed E-state index contributed by atoms with van der Waals surface area (Å²) < 4.78 is 1.83. The molecule has 1 aliphatic carbocycles. The maximum absolute atomic E-state index is 11.6. The van der Waals surface area contributed by atoms with E-state index in [1.54, 1.807) is 6.33 Å². The average molecular weight is 235 g/mol. The molecule has 2 aromatic rings. The summed E-state index contributed by atoms with van der Waals surface area (Å²) in [4.78, 5) is 22.2. The number of aliphatic hydroxyl groups is 1. The lowest BCUT2D eigenvalue weighted by Crippen LogP contribution is -2.13. The molecule has 4 N–H and O–H groups in total. The molecule has 17 heavy (non-hydrogen) atoms. The summed E-state index contributed by atoms with van der Waals surface area (Å²) in [5.74, 6) is 0.0859. The van der Waals surface area contributed by atoms with E-state index < -0.39 is 0 Å². The van der Waals surface area contributed by atoms with E-state index >= 15 is 0 Å². The van der Waals surface area contributed by atoms with E-state index in [9.17, 15) is 9.90 Å². The second-order valence-electron chi connectivity index (χ2n) is 4.40. The first-order valence-corrected chi connectivity index (χ1v) is 5.55. The smallest absolute Gasteiger partial charge is 0.280 e. The number of nitrogen functional groups attached to an aromatic ring is 1. The largest absolute Gasteiger partial charge is 0.393 e. The normalized spacial score (nSPS) is 24.5. The lowest BCUT2D eigenvalue weighted by Gasteiger charge is -2.11. The first-order chi connectivity index (χ1) is 8.15. The van der Waals surface area contributed by atoms with Gasteiger partial charge in [0.15, 0.2) is 11.2 Å². The third kappa shape index (κ3) is 1.59. The predicted octanol–water partition coefficient (Wildman–Crippen LogP) is -0.212. The van der Waals surface area contributed by atoms with Crippen molar-refractivity contribution in [3.8, 4) is 0 Å². The number of nitrogens with two attached hydrogens (primary N) is 1. The first kappa shape index (κ1) is 10.3. The number of nitrogens with zero attached hydrogens (tertiary/aromatic N) is 3. The second-order valence-corrected chi connectivity index (χ2v) is 4.40. The van der Waals surface area contributed by atoms with Gasteiger partial charge in [-0.25, -0.2) is 4.98 Å². The molecule has 0 aromatic carbocycles. The summed E-state index contributed by atoms with van der Waals surface area (Å²) in [6.07, 6.45) is 3.61. The van der Waals surface area contributed by atoms with Gasteiger partial charge in [0.2, 0.25) is 5.95 Å². The van der Waals surface area contributed by atoms with Crippen LogP contribution < -0.4 is 11.3 Å². The molecule has 1 aliphatic rings. The van der Waals surface area contributed by atoms with Gasteiger partial charge in [-0.1, -0.05) is 0 Å². The standard InChI is InChI=1S/C10H13N5O2/c11-10-13-8-7(9(17)14-10)12-4-15(8)5-1-2-6(16)3-5/h4-6,16H,1-3H2,(H3,11,13,14,17)/t5-,6-/m1/s1. The fourth-order valence-electron chi connectivity index (χ4n) is 2.40. The Morgan fingerprint density at radius 2 is 2.35 bits per heavy atom. The van der Waals surface area contributed by atoms with Crippen LogP contribution >= 0.6 is 0 Å². The lowest BCUT2D eigenvalue weighted by atomic mass is 10.2. The van der Waals surface area contributed by atoms with Crippen LogP contribution in [0.15, 0.2) is 11.1 Å². The van der Waals surface area contributed by atoms with Crippen LogP contribution in [-0.4, -0.2) is 30.7 Å². The molecule has 0 bridgehead atoms. The van der Waals surface area contributed by atoms with Gasteiger partial charge >= 0.3 is 0 Å². The van der Waals surface area contributed by atoms with Crippen molar-refractivity contribution in [2.75, 3.05) is 5.73 Å². The fraction of sp³-hybridized carbons (Fsp3) is 0.500. The topological polar surface area (TPSA) is 110 Å². The van der Waals surface area contributed by atoms with Crippen molar-refractivity contribution in [2.45, 2.75) is 31.4 Å². The van der Waals surface area contributed by atoms with Gasteiger partial charge in [0.1, 0.15) is 0 Å². The van der Waals surface area contributed by atoms with Crippen molar-refractivity contribution in [1.82, 2.24) is 19.5 Å². The molecule has 7 heteroatoms. The number of aromatic nitrogens is 4. The maximum Gasteiger partial charge on any atom is 0.280 e. The highest BCUT2D eigenvalue weighted by atomic mass is 16.3. The van der Waals surface area contributed by atoms with Crippen molar-refractivity contribution >= 4 is 17.1 Å². The van der Waals surface area contributed by atoms with Gasteiger partial charge in [-0.3, -0.25) is 9.78 Å². The van der Waals surface area contributed by atoms with Crippen molar-refractivity contribution in [3.63, 3.8) is 0 Å². The van der Waals surface area contributed by atoms with E-state index in [1.165, 1.54) is 0 Å². The molecule has 3 rings (SSSR count). The number of rotatable bonds is 1. The van der Waals surface area contributed by atoms with Gasteiger partial charge in [0.25, 0.3) is 5.56 Å². The summed E-state index contributed by atoms with van der Waals surface area (Å²) in [7, 11) is 0. The zero-order valence-corrected chi connectivity index (χ0v) is 9.13. The molecular weight excluding hydrogens is 222 g/mol. The van der Waals surface area contributed by atoms with E-state index in [4.69, 9.17) is 5.73 Å². The Kier molecular flexibility index (Phi) is 2.15. The van der Waals surface area contributed by atoms with Gasteiger partial charge < -0.3 is 15.4 Å². The van der Waals surface area contributed by atoms with Gasteiger partial charge in [0.05, 0.1) is 12.4 Å². The number of nitrogens with one attached hydrogen (secondary N) is 1. The molecule has 7 nitrogen and oxygen atoms in total. The highest BCUT2D eigenvalue weighted by Crippen LogP contribution is 2.31. The molecule has 2 aromatic heterocycles. The number of anilines is 1. The SMILES string of the molecule is Nc1nc2c(ncn2[C@@H]2CC[C@@H](O)C2)c(=O)[nH]1. The summed E-state index contributed by atoms with van der Waals surface area (Å²) in [5.41, 5.74) is 5.98. The Bertz CT molecular complexity index is 617. The second kappa shape index (κ2) is 3.56. The maximum atomic E-state index is 11.6. The molecule has 0 saturated heterocycles. The average Bonchev–Trinajstić information content (AvgIpc) is 2.83. The van der Waals surface area contributed by atoms with Crippen LogP contribution in [-0.2, 0) is 0 Å². The van der Waals surface area contributed by atoms with Crippen molar-refractivity contribution < 1.29 is 5.11 Å². The number of H-pyrrole nitrogens is 1. The Morgan fingerprint density at radius 3 is 3.06 bits per heavy atom. The Labute approximate surface area is 96.3 Å². The molecule has 2 heterocycles. The minimum absolute atomic E-state index is 0.0859. The summed E-state index contributed by atoms with van der Waals surface area (Å²) in [5, 5.41) is 9.53. The van der Waals surface area contributed by atoms with E-state index in [1.807, 2.05) is 4.57 Å². The molecule has 2 atom stereocenters. The Morgan fingerprint density at radius 1 is 1.53 bits per heavy atom. The zero-order chi connectivity index (χ0) is 12.0. The van der Waals surface area contributed by atoms with Crippen LogP contribution in [0.5, 0.6) is 0 Å². The van der Waals surface area contributed by atoms with Gasteiger partial charge in [-0.2, -0.15) is 4.98 Å². The quantitative estimate of drug-likeness (QED) is 0.633. The highest BCUT2D eigenvalue weighted by molar-refractivity contribution is 5.70. The van der Waals surface area contributed by atoms with Crippen LogP contribution in [0.1, 0.15) is 25.3 Å². The molecule has 1 saturated carbocycles. The van der Waals surface area contributed by atoms with Gasteiger partial charge in [-0.15, -0.1) is 0 Å². The minimum Gasteiger partial charge on any atom is -0.393 e. The minimum atomic E-state index is -0.329. The van der Waals surface area contributed by atoms with Crippen molar-refractivity contribution in [2.24, 2.45) is 0 Å². The number of imidazole rings is 1. The molecule has 0 unspecified atom stereocenters. The summed E-state index contributed by atoms with van der Waals surface area (Å²) in [6.45, 7) is 0. The monoisotopic (exact) mass is 235 g/mol. The van der Waals surface area contributed by atoms with Crippen LogP contribution in [0.2, 0.25) is 0 Å². The summed E-state index contributed by atoms with van der Waals surface area (Å²) >= 11 is 0. The van der Waals surface area contributed by atoms with E-state index in [0.717, 1.165) is 12.8 Å². The summed E-state index contributed by atoms with van der Waals surface area (Å²) in [6, 6.07) is 0.142. The molecule has 0 spiro atoms. The van der Waals surface area contributed by atoms with Gasteiger partial charge in [-0.05, 0) is 19.3 Å². The number of aromatic amines is 1. The first-order valence-electron chi connectivity index (χ1n) is 5.55.